The number of sulfonamides is 2. The number of hydrogen-bond acceptors (Lipinski definition) is 12. The van der Waals surface area contributed by atoms with Gasteiger partial charge >= 0.3 is 0 Å². The van der Waals surface area contributed by atoms with Crippen molar-refractivity contribution in [3.8, 4) is 0 Å². The van der Waals surface area contributed by atoms with E-state index in [4.69, 9.17) is 16.0 Å². The fourth-order valence-electron chi connectivity index (χ4n) is 0.973. The minimum atomic E-state index is -3.78. The van der Waals surface area contributed by atoms with E-state index in [2.05, 4.69) is 20.4 Å². The molecule has 0 atom stereocenters. The summed E-state index contributed by atoms with van der Waals surface area (Å²) in [7, 11) is -7.50. The van der Waals surface area contributed by atoms with Crippen LogP contribution >= 0.6 is 22.7 Å². The van der Waals surface area contributed by atoms with Crippen molar-refractivity contribution in [1.29, 1.82) is 0 Å². The molecule has 0 saturated heterocycles. The molecule has 0 radical (unpaired) electrons. The van der Waals surface area contributed by atoms with Crippen molar-refractivity contribution in [1.82, 2.24) is 20.4 Å². The molecule has 0 bridgehead atoms. The lowest BCUT2D eigenvalue weighted by Crippen LogP contribution is -2.11. The molecule has 16 heteroatoms. The SMILES string of the molecule is CC(=O)Cc1nnc(S(N)(=O)=O)s1.Nc1nnc(S(N)(=O)=O)s1. The number of aromatic nitrogens is 4. The van der Waals surface area contributed by atoms with E-state index in [1.54, 1.807) is 0 Å². The Morgan fingerprint density at radius 1 is 0.957 bits per heavy atom. The first-order chi connectivity index (χ1) is 10.4. The van der Waals surface area contributed by atoms with Crippen molar-refractivity contribution < 1.29 is 21.6 Å². The van der Waals surface area contributed by atoms with E-state index in [1.165, 1.54) is 6.92 Å². The second-order valence-electron chi connectivity index (χ2n) is 3.84. The Labute approximate surface area is 138 Å². The zero-order valence-corrected chi connectivity index (χ0v) is 14.7. The maximum absolute atomic E-state index is 10.7. The highest BCUT2D eigenvalue weighted by Gasteiger charge is 2.15. The average molecular weight is 401 g/mol. The molecule has 2 aromatic heterocycles. The van der Waals surface area contributed by atoms with Crippen molar-refractivity contribution >= 4 is 53.6 Å². The number of nitrogen functional groups attached to an aromatic ring is 1. The highest BCUT2D eigenvalue weighted by atomic mass is 32.3. The van der Waals surface area contributed by atoms with Crippen LogP contribution < -0.4 is 16.0 Å². The minimum absolute atomic E-state index is 0.0871. The summed E-state index contributed by atoms with van der Waals surface area (Å²) in [6.45, 7) is 1.39. The molecule has 128 valence electrons. The van der Waals surface area contributed by atoms with Crippen LogP contribution in [0.5, 0.6) is 0 Å². The predicted octanol–water partition coefficient (Wildman–Crippen LogP) is -1.92. The lowest BCUT2D eigenvalue weighted by Gasteiger charge is -1.86. The van der Waals surface area contributed by atoms with Gasteiger partial charge in [-0.15, -0.1) is 20.4 Å². The molecule has 0 saturated carbocycles. The van der Waals surface area contributed by atoms with Crippen molar-refractivity contribution in [2.45, 2.75) is 22.0 Å². The Bertz CT molecular complexity index is 899. The third-order valence-corrected chi connectivity index (χ3v) is 6.05. The Kier molecular flexibility index (Phi) is 6.19. The molecule has 0 fully saturated rings. The monoisotopic (exact) mass is 401 g/mol. The fourth-order valence-corrected chi connectivity index (χ4v) is 3.74. The number of ketones is 1. The Hall–Kier alpha value is -1.59. The third kappa shape index (κ3) is 6.59. The molecule has 0 aliphatic carbocycles. The molecule has 2 heterocycles. The number of nitrogens with two attached hydrogens (primary N) is 3. The Morgan fingerprint density at radius 2 is 1.43 bits per heavy atom. The molecule has 0 aliphatic heterocycles. The highest BCUT2D eigenvalue weighted by molar-refractivity contribution is 7.91. The summed E-state index contributed by atoms with van der Waals surface area (Å²) in [5, 5.41) is 23.3. The molecule has 23 heavy (non-hydrogen) atoms. The average Bonchev–Trinajstić information content (AvgIpc) is 2.96. The molecule has 0 unspecified atom stereocenters. The van der Waals surface area contributed by atoms with E-state index in [9.17, 15) is 21.6 Å². The van der Waals surface area contributed by atoms with E-state index in [1.807, 2.05) is 0 Å². The smallest absolute Gasteiger partial charge is 0.267 e. The van der Waals surface area contributed by atoms with Crippen LogP contribution in [0.15, 0.2) is 8.68 Å². The number of hydrogen-bond donors (Lipinski definition) is 3. The van der Waals surface area contributed by atoms with Crippen LogP contribution in [0.25, 0.3) is 0 Å². The van der Waals surface area contributed by atoms with Crippen molar-refractivity contribution in [3.05, 3.63) is 5.01 Å². The van der Waals surface area contributed by atoms with Gasteiger partial charge in [0.1, 0.15) is 10.8 Å². The quantitative estimate of drug-likeness (QED) is 0.516. The summed E-state index contributed by atoms with van der Waals surface area (Å²) in [6.07, 6.45) is 0.0905. The van der Waals surface area contributed by atoms with E-state index < -0.39 is 20.0 Å². The van der Waals surface area contributed by atoms with Gasteiger partial charge in [0.05, 0.1) is 6.42 Å². The molecule has 0 aliphatic rings. The van der Waals surface area contributed by atoms with Crippen molar-refractivity contribution in [2.24, 2.45) is 10.3 Å². The number of anilines is 1. The van der Waals surface area contributed by atoms with Crippen LogP contribution in [0.3, 0.4) is 0 Å². The lowest BCUT2D eigenvalue weighted by atomic mass is 10.3. The molecule has 0 amide bonds. The molecule has 12 nitrogen and oxygen atoms in total. The lowest BCUT2D eigenvalue weighted by molar-refractivity contribution is -0.116. The van der Waals surface area contributed by atoms with Gasteiger partial charge in [0.2, 0.25) is 13.8 Å². The summed E-state index contributed by atoms with van der Waals surface area (Å²) < 4.78 is 41.9. The van der Waals surface area contributed by atoms with Gasteiger partial charge in [-0.1, -0.05) is 22.7 Å². The van der Waals surface area contributed by atoms with Gasteiger partial charge in [-0.05, 0) is 6.92 Å². The number of nitrogens with zero attached hydrogens (tertiary/aromatic N) is 4. The van der Waals surface area contributed by atoms with E-state index >= 15 is 0 Å². The van der Waals surface area contributed by atoms with Crippen LogP contribution in [-0.2, 0) is 31.3 Å². The van der Waals surface area contributed by atoms with E-state index in [0.717, 1.165) is 22.7 Å². The number of primary sulfonamides is 2. The summed E-state index contributed by atoms with van der Waals surface area (Å²) in [5.41, 5.74) is 5.10. The molecule has 6 N–H and O–H groups in total. The number of rotatable bonds is 4. The topological polar surface area (TPSA) is 215 Å². The number of Topliss-reactive ketones (excluding diaryl/α,β-unsaturated/α-hetero) is 1. The van der Waals surface area contributed by atoms with Crippen LogP contribution in [0.2, 0.25) is 0 Å². The van der Waals surface area contributed by atoms with Gasteiger partial charge in [0.25, 0.3) is 20.0 Å². The first-order valence-electron chi connectivity index (χ1n) is 5.36. The maximum Gasteiger partial charge on any atom is 0.267 e. The zero-order chi connectivity index (χ0) is 17.8. The summed E-state index contributed by atoms with van der Waals surface area (Å²) >= 11 is 1.55. The third-order valence-electron chi connectivity index (χ3n) is 1.76. The van der Waals surface area contributed by atoms with E-state index in [-0.39, 0.29) is 26.0 Å². The van der Waals surface area contributed by atoms with Gasteiger partial charge in [-0.3, -0.25) is 4.79 Å². The van der Waals surface area contributed by atoms with Gasteiger partial charge in [-0.25, -0.2) is 27.1 Å². The molecule has 2 aromatic rings. The minimum Gasteiger partial charge on any atom is -0.374 e. The van der Waals surface area contributed by atoms with Gasteiger partial charge < -0.3 is 5.73 Å². The van der Waals surface area contributed by atoms with Crippen LogP contribution in [0, 0.1) is 0 Å². The second kappa shape index (κ2) is 7.32. The predicted molar refractivity (Wildman–Crippen MR) is 81.4 cm³/mol. The first-order valence-corrected chi connectivity index (χ1v) is 10.1. The standard InChI is InChI=1S/C5H7N3O3S2.C2H4N4O2S2/c1-3(9)2-4-7-8-5(12-4)13(6,10)11;3-1-5-6-2(9-1)10(4,7)8/h2H2,1H3,(H2,6,10,11);(H2,3,5)(H2,4,7,8). The maximum atomic E-state index is 10.7. The second-order valence-corrected chi connectivity index (χ2v) is 9.38. The Morgan fingerprint density at radius 3 is 1.74 bits per heavy atom. The summed E-state index contributed by atoms with van der Waals surface area (Å²) in [6, 6.07) is 0. The van der Waals surface area contributed by atoms with Crippen LogP contribution in [0.4, 0.5) is 5.13 Å². The van der Waals surface area contributed by atoms with Gasteiger partial charge in [-0.2, -0.15) is 0 Å². The van der Waals surface area contributed by atoms with Crippen LogP contribution in [0.1, 0.15) is 11.9 Å². The van der Waals surface area contributed by atoms with Gasteiger partial charge in [0.15, 0.2) is 0 Å². The van der Waals surface area contributed by atoms with Crippen LogP contribution in [-0.4, -0.2) is 43.0 Å². The largest absolute Gasteiger partial charge is 0.374 e. The van der Waals surface area contributed by atoms with Crippen molar-refractivity contribution in [2.75, 3.05) is 5.73 Å². The van der Waals surface area contributed by atoms with Gasteiger partial charge in [0, 0.05) is 0 Å². The number of carbonyl (C=O) groups is 1. The molecule has 2 rings (SSSR count). The molecule has 0 spiro atoms. The summed E-state index contributed by atoms with van der Waals surface area (Å²) in [5.74, 6) is -0.0999. The fraction of sp³-hybridized carbons (Fsp3) is 0.286. The normalized spacial score (nSPS) is 11.6. The first kappa shape index (κ1) is 19.5. The zero-order valence-electron chi connectivity index (χ0n) is 11.4. The highest BCUT2D eigenvalue weighted by Crippen LogP contribution is 2.14. The van der Waals surface area contributed by atoms with Crippen molar-refractivity contribution in [3.63, 3.8) is 0 Å². The Balaban J connectivity index is 0.000000238. The molecular weight excluding hydrogens is 390 g/mol. The number of carbonyl (C=O) groups excluding carboxylic acids is 1. The molecule has 0 aromatic carbocycles. The summed E-state index contributed by atoms with van der Waals surface area (Å²) in [4.78, 5) is 10.6. The van der Waals surface area contributed by atoms with E-state index in [0.29, 0.717) is 5.01 Å². The molecular formula is C7H11N7O5S4.